The molecule has 28 heavy (non-hydrogen) atoms. The molecular formula is C25H16O3. The molecule has 0 unspecified atom stereocenters. The van der Waals surface area contributed by atoms with Gasteiger partial charge < -0.3 is 14.9 Å². The largest absolute Gasteiger partial charge is 0.508 e. The lowest BCUT2D eigenvalue weighted by atomic mass is 9.66. The van der Waals surface area contributed by atoms with E-state index in [1.807, 2.05) is 36.4 Å². The zero-order chi connectivity index (χ0) is 18.9. The number of phenols is 2. The quantitative estimate of drug-likeness (QED) is 0.371. The third-order valence-electron chi connectivity index (χ3n) is 5.91. The maximum absolute atomic E-state index is 10.3. The molecule has 2 aliphatic rings. The molecule has 134 valence electrons. The van der Waals surface area contributed by atoms with Gasteiger partial charge in [-0.1, -0.05) is 48.5 Å². The SMILES string of the molecule is Oc1ccc2c(c1)C1(c3cc(O)ccc3O2)c2ccccc2-c2ccccc21. The van der Waals surface area contributed by atoms with Crippen LogP contribution in [0, 0.1) is 0 Å². The molecule has 0 atom stereocenters. The number of benzene rings is 4. The maximum Gasteiger partial charge on any atom is 0.132 e. The fraction of sp³-hybridized carbons (Fsp3) is 0.0400. The van der Waals surface area contributed by atoms with Gasteiger partial charge in [-0.2, -0.15) is 0 Å². The number of fused-ring (bicyclic) bond motifs is 9. The smallest absolute Gasteiger partial charge is 0.132 e. The Balaban J connectivity index is 1.86. The monoisotopic (exact) mass is 364 g/mol. The van der Waals surface area contributed by atoms with E-state index in [4.69, 9.17) is 4.74 Å². The molecule has 6 rings (SSSR count). The van der Waals surface area contributed by atoms with Crippen molar-refractivity contribution in [3.05, 3.63) is 107 Å². The van der Waals surface area contributed by atoms with Gasteiger partial charge in [-0.3, -0.25) is 0 Å². The molecule has 1 aliphatic carbocycles. The second kappa shape index (κ2) is 5.17. The van der Waals surface area contributed by atoms with Crippen LogP contribution in [-0.2, 0) is 5.41 Å². The summed E-state index contributed by atoms with van der Waals surface area (Å²) in [6.45, 7) is 0. The van der Waals surface area contributed by atoms with Crippen molar-refractivity contribution in [2.45, 2.75) is 5.41 Å². The Hall–Kier alpha value is -3.72. The Morgan fingerprint density at radius 2 is 1.00 bits per heavy atom. The lowest BCUT2D eigenvalue weighted by Crippen LogP contribution is -2.32. The Bertz CT molecular complexity index is 1170. The van der Waals surface area contributed by atoms with Crippen molar-refractivity contribution >= 4 is 0 Å². The number of ether oxygens (including phenoxy) is 1. The van der Waals surface area contributed by atoms with Crippen LogP contribution in [0.1, 0.15) is 22.3 Å². The van der Waals surface area contributed by atoms with Gasteiger partial charge in [-0.15, -0.1) is 0 Å². The van der Waals surface area contributed by atoms with Crippen molar-refractivity contribution in [2.75, 3.05) is 0 Å². The molecule has 0 radical (unpaired) electrons. The van der Waals surface area contributed by atoms with Gasteiger partial charge in [0, 0.05) is 11.1 Å². The standard InChI is InChI=1S/C25H16O3/c26-15-9-11-23-21(13-15)25(22-14-16(27)10-12-24(22)28-23)19-7-3-1-5-17(19)18-6-2-4-8-20(18)25/h1-14,26-27H. The van der Waals surface area contributed by atoms with Crippen LogP contribution in [0.2, 0.25) is 0 Å². The van der Waals surface area contributed by atoms with Gasteiger partial charge in [0.05, 0.1) is 5.41 Å². The van der Waals surface area contributed by atoms with Gasteiger partial charge in [0.15, 0.2) is 0 Å². The Labute approximate surface area is 162 Å². The zero-order valence-corrected chi connectivity index (χ0v) is 14.9. The van der Waals surface area contributed by atoms with Crippen molar-refractivity contribution in [3.63, 3.8) is 0 Å². The van der Waals surface area contributed by atoms with Gasteiger partial charge in [0.25, 0.3) is 0 Å². The van der Waals surface area contributed by atoms with E-state index < -0.39 is 5.41 Å². The zero-order valence-electron chi connectivity index (χ0n) is 14.9. The lowest BCUT2D eigenvalue weighted by molar-refractivity contribution is 0.422. The molecule has 3 heteroatoms. The van der Waals surface area contributed by atoms with Crippen molar-refractivity contribution in [1.82, 2.24) is 0 Å². The van der Waals surface area contributed by atoms with E-state index in [2.05, 4.69) is 24.3 Å². The minimum absolute atomic E-state index is 0.187. The van der Waals surface area contributed by atoms with Gasteiger partial charge in [0.1, 0.15) is 23.0 Å². The number of rotatable bonds is 0. The van der Waals surface area contributed by atoms with E-state index in [1.54, 1.807) is 24.3 Å². The first-order valence-electron chi connectivity index (χ1n) is 9.24. The van der Waals surface area contributed by atoms with E-state index in [1.165, 1.54) is 0 Å². The summed E-state index contributed by atoms with van der Waals surface area (Å²) in [5, 5.41) is 20.7. The summed E-state index contributed by atoms with van der Waals surface area (Å²) < 4.78 is 6.18. The van der Waals surface area contributed by atoms with Crippen molar-refractivity contribution in [3.8, 4) is 34.1 Å². The molecular weight excluding hydrogens is 348 g/mol. The minimum Gasteiger partial charge on any atom is -0.508 e. The van der Waals surface area contributed by atoms with Gasteiger partial charge in [-0.05, 0) is 58.7 Å². The maximum atomic E-state index is 10.3. The number of phenolic OH excluding ortho intramolecular Hbond substituents is 2. The van der Waals surface area contributed by atoms with E-state index in [0.29, 0.717) is 11.5 Å². The van der Waals surface area contributed by atoms with E-state index in [-0.39, 0.29) is 11.5 Å². The average Bonchev–Trinajstić information content (AvgIpc) is 3.01. The van der Waals surface area contributed by atoms with Gasteiger partial charge in [-0.25, -0.2) is 0 Å². The molecule has 4 aromatic rings. The van der Waals surface area contributed by atoms with Crippen LogP contribution in [0.5, 0.6) is 23.0 Å². The number of aromatic hydroxyl groups is 2. The molecule has 0 bridgehead atoms. The topological polar surface area (TPSA) is 49.7 Å². The summed E-state index contributed by atoms with van der Waals surface area (Å²) in [4.78, 5) is 0. The van der Waals surface area contributed by atoms with Crippen LogP contribution >= 0.6 is 0 Å². The molecule has 0 saturated heterocycles. The van der Waals surface area contributed by atoms with Crippen LogP contribution < -0.4 is 4.74 Å². The van der Waals surface area contributed by atoms with Crippen LogP contribution in [0.25, 0.3) is 11.1 Å². The van der Waals surface area contributed by atoms with Gasteiger partial charge >= 0.3 is 0 Å². The molecule has 2 N–H and O–H groups in total. The van der Waals surface area contributed by atoms with Crippen LogP contribution in [0.3, 0.4) is 0 Å². The Kier molecular flexibility index (Phi) is 2.83. The highest BCUT2D eigenvalue weighted by Gasteiger charge is 2.51. The fourth-order valence-corrected chi connectivity index (χ4v) is 4.88. The normalized spacial score (nSPS) is 14.6. The minimum atomic E-state index is -0.659. The number of hydrogen-bond acceptors (Lipinski definition) is 3. The van der Waals surface area contributed by atoms with E-state index in [0.717, 1.165) is 33.4 Å². The first-order chi connectivity index (χ1) is 13.7. The molecule has 0 saturated carbocycles. The van der Waals surface area contributed by atoms with Gasteiger partial charge in [0.2, 0.25) is 0 Å². The van der Waals surface area contributed by atoms with E-state index >= 15 is 0 Å². The predicted molar refractivity (Wildman–Crippen MR) is 107 cm³/mol. The predicted octanol–water partition coefficient (Wildman–Crippen LogP) is 5.57. The van der Waals surface area contributed by atoms with Crippen LogP contribution in [-0.4, -0.2) is 10.2 Å². The molecule has 3 nitrogen and oxygen atoms in total. The summed E-state index contributed by atoms with van der Waals surface area (Å²) in [5.74, 6) is 1.80. The molecule has 0 fully saturated rings. The molecule has 4 aromatic carbocycles. The third-order valence-corrected chi connectivity index (χ3v) is 5.91. The van der Waals surface area contributed by atoms with Crippen LogP contribution in [0.15, 0.2) is 84.9 Å². The summed E-state index contributed by atoms with van der Waals surface area (Å²) in [6, 6.07) is 27.1. The summed E-state index contributed by atoms with van der Waals surface area (Å²) in [7, 11) is 0. The molecule has 1 spiro atoms. The summed E-state index contributed by atoms with van der Waals surface area (Å²) in [5.41, 5.74) is 5.66. The molecule has 0 aromatic heterocycles. The lowest BCUT2D eigenvalue weighted by Gasteiger charge is -2.39. The Morgan fingerprint density at radius 1 is 0.536 bits per heavy atom. The van der Waals surface area contributed by atoms with Crippen molar-refractivity contribution in [1.29, 1.82) is 0 Å². The fourth-order valence-electron chi connectivity index (χ4n) is 4.88. The van der Waals surface area contributed by atoms with Crippen LogP contribution in [0.4, 0.5) is 0 Å². The third kappa shape index (κ3) is 1.73. The van der Waals surface area contributed by atoms with Crippen molar-refractivity contribution < 1.29 is 14.9 Å². The molecule has 0 amide bonds. The molecule has 1 aliphatic heterocycles. The summed E-state index contributed by atoms with van der Waals surface area (Å²) in [6.07, 6.45) is 0. The first kappa shape index (κ1) is 15.3. The molecule has 1 heterocycles. The second-order valence-corrected chi connectivity index (χ2v) is 7.30. The second-order valence-electron chi connectivity index (χ2n) is 7.30. The summed E-state index contributed by atoms with van der Waals surface area (Å²) >= 11 is 0. The average molecular weight is 364 g/mol. The van der Waals surface area contributed by atoms with Crippen molar-refractivity contribution in [2.24, 2.45) is 0 Å². The first-order valence-corrected chi connectivity index (χ1v) is 9.24. The highest BCUT2D eigenvalue weighted by molar-refractivity contribution is 5.88. The number of hydrogen-bond donors (Lipinski definition) is 2. The van der Waals surface area contributed by atoms with E-state index in [9.17, 15) is 10.2 Å². The highest BCUT2D eigenvalue weighted by atomic mass is 16.5. The highest BCUT2D eigenvalue weighted by Crippen LogP contribution is 2.62. The Morgan fingerprint density at radius 3 is 1.50 bits per heavy atom.